The molecule has 0 heterocycles. The number of phenols is 1. The second-order valence-electron chi connectivity index (χ2n) is 10.8. The van der Waals surface area contributed by atoms with E-state index in [4.69, 9.17) is 5.73 Å². The molecule has 6 N–H and O–H groups in total. The van der Waals surface area contributed by atoms with E-state index in [2.05, 4.69) is 26.1 Å². The van der Waals surface area contributed by atoms with Crippen LogP contribution in [-0.4, -0.2) is 59.2 Å². The van der Waals surface area contributed by atoms with Crippen LogP contribution in [0.25, 0.3) is 0 Å². The molecule has 1 atom stereocenters. The number of hydrogen-bond acceptors (Lipinski definition) is 9. The number of primary amides is 1. The third-order valence-electron chi connectivity index (χ3n) is 6.35. The van der Waals surface area contributed by atoms with E-state index in [9.17, 15) is 34.5 Å². The first-order valence-electron chi connectivity index (χ1n) is 11.7. The number of carbonyl (C=O) groups excluding carboxylic acids is 4. The minimum absolute atomic E-state index is 0.0389. The van der Waals surface area contributed by atoms with Crippen LogP contribution in [0.4, 0.5) is 5.69 Å². The normalized spacial score (nSPS) is 18.6. The fraction of sp³-hybridized carbons (Fsp3) is 0.462. The summed E-state index contributed by atoms with van der Waals surface area (Å²) in [6.45, 7) is 7.34. The predicted octanol–water partition coefficient (Wildman–Crippen LogP) is 1.99. The molecular formula is C26H33N3O7. The van der Waals surface area contributed by atoms with Crippen LogP contribution in [0.5, 0.6) is 5.75 Å². The van der Waals surface area contributed by atoms with Gasteiger partial charge in [0.1, 0.15) is 11.3 Å². The van der Waals surface area contributed by atoms with Crippen LogP contribution < -0.4 is 16.0 Å². The molecular weight excluding hydrogens is 466 g/mol. The molecule has 0 spiro atoms. The highest BCUT2D eigenvalue weighted by Crippen LogP contribution is 2.42. The molecule has 194 valence electrons. The number of ketones is 3. The number of nitrogens with two attached hydrogens (primary N) is 1. The van der Waals surface area contributed by atoms with Gasteiger partial charge in [0.05, 0.1) is 5.56 Å². The lowest BCUT2D eigenvalue weighted by Crippen LogP contribution is -2.33. The Hall–Kier alpha value is -3.66. The summed E-state index contributed by atoms with van der Waals surface area (Å²) in [6.07, 6.45) is 0.0567. The third-order valence-corrected chi connectivity index (χ3v) is 6.35. The number of Topliss-reactive ketones (excluding diaryl/α,β-unsaturated/α-hetero) is 3. The molecule has 2 aliphatic carbocycles. The largest absolute Gasteiger partial charge is 0.507 e. The first-order valence-corrected chi connectivity index (χ1v) is 11.7. The number of phenolic OH excluding ortho intramolecular Hbond substituents is 1. The quantitative estimate of drug-likeness (QED) is 0.278. The second kappa shape index (κ2) is 9.77. The summed E-state index contributed by atoms with van der Waals surface area (Å²) in [6, 6.07) is 1.82. The molecule has 36 heavy (non-hydrogen) atoms. The number of allylic oxidation sites excluding steroid dienone is 2. The molecule has 1 aromatic carbocycles. The zero-order chi connectivity index (χ0) is 27.1. The van der Waals surface area contributed by atoms with Crippen molar-refractivity contribution in [1.29, 1.82) is 0 Å². The molecule has 0 saturated carbocycles. The number of aliphatic hydroxyl groups is 2. The number of nitrogens with zero attached hydrogens (tertiary/aromatic N) is 1. The SMILES string of the molecule is CN(C)c1cc(CNCC(C)(C)C)c(O)c2c1C[C@@H](CC1=C(O)C(=O)C(C(N)=O)=C(O)C1=O)CC2=O. The van der Waals surface area contributed by atoms with Crippen LogP contribution in [0.2, 0.25) is 0 Å². The van der Waals surface area contributed by atoms with Crippen LogP contribution in [0.3, 0.4) is 0 Å². The number of aromatic hydroxyl groups is 1. The molecule has 3 rings (SSSR count). The lowest BCUT2D eigenvalue weighted by molar-refractivity contribution is -0.124. The zero-order valence-corrected chi connectivity index (χ0v) is 21.2. The van der Waals surface area contributed by atoms with Crippen molar-refractivity contribution in [2.75, 3.05) is 25.5 Å². The van der Waals surface area contributed by atoms with Crippen molar-refractivity contribution in [3.05, 3.63) is 45.4 Å². The molecule has 0 radical (unpaired) electrons. The van der Waals surface area contributed by atoms with Gasteiger partial charge in [-0.25, -0.2) is 0 Å². The van der Waals surface area contributed by atoms with Gasteiger partial charge in [0.25, 0.3) is 5.91 Å². The summed E-state index contributed by atoms with van der Waals surface area (Å²) >= 11 is 0. The summed E-state index contributed by atoms with van der Waals surface area (Å²) in [5.41, 5.74) is 5.92. The molecule has 1 aromatic rings. The molecule has 10 heteroatoms. The van der Waals surface area contributed by atoms with Crippen LogP contribution in [0.15, 0.2) is 28.7 Å². The summed E-state index contributed by atoms with van der Waals surface area (Å²) < 4.78 is 0. The Morgan fingerprint density at radius 3 is 2.28 bits per heavy atom. The van der Waals surface area contributed by atoms with E-state index in [0.717, 1.165) is 5.69 Å². The van der Waals surface area contributed by atoms with Crippen LogP contribution in [-0.2, 0) is 27.3 Å². The third kappa shape index (κ3) is 5.13. The highest BCUT2D eigenvalue weighted by atomic mass is 16.3. The molecule has 10 nitrogen and oxygen atoms in total. The number of carbonyl (C=O) groups is 4. The van der Waals surface area contributed by atoms with Gasteiger partial charge >= 0.3 is 0 Å². The minimum atomic E-state index is -1.32. The van der Waals surface area contributed by atoms with Crippen molar-refractivity contribution in [1.82, 2.24) is 5.32 Å². The smallest absolute Gasteiger partial charge is 0.256 e. The van der Waals surface area contributed by atoms with Crippen LogP contribution >= 0.6 is 0 Å². The lowest BCUT2D eigenvalue weighted by Gasteiger charge is -2.30. The van der Waals surface area contributed by atoms with Gasteiger partial charge in [0, 0.05) is 50.4 Å². The van der Waals surface area contributed by atoms with Crippen LogP contribution in [0.1, 0.15) is 55.1 Å². The van der Waals surface area contributed by atoms with Gasteiger partial charge in [-0.05, 0) is 35.8 Å². The standard InChI is InChI=1S/C26H33N3O7/c1-26(2,3)11-28-10-13-9-16(29(4)5)14-6-12(8-17(30)18(14)20(13)31)7-15-21(32)23(34)19(25(27)36)24(35)22(15)33/h9,12,28,31-32,35H,6-8,10-11H2,1-5H3,(H2,27,36)/t12-/m0/s1. The van der Waals surface area contributed by atoms with E-state index in [1.54, 1.807) is 0 Å². The number of nitrogens with one attached hydrogen (secondary N) is 1. The van der Waals surface area contributed by atoms with Gasteiger partial charge < -0.3 is 31.3 Å². The Bertz CT molecular complexity index is 1220. The Morgan fingerprint density at radius 2 is 1.72 bits per heavy atom. The van der Waals surface area contributed by atoms with Crippen LogP contribution in [0, 0.1) is 11.3 Å². The molecule has 0 saturated heterocycles. The van der Waals surface area contributed by atoms with Gasteiger partial charge in [-0.2, -0.15) is 0 Å². The Morgan fingerprint density at radius 1 is 1.08 bits per heavy atom. The number of hydrogen-bond donors (Lipinski definition) is 5. The highest BCUT2D eigenvalue weighted by molar-refractivity contribution is 6.33. The molecule has 0 fully saturated rings. The van der Waals surface area contributed by atoms with Crippen molar-refractivity contribution in [3.8, 4) is 5.75 Å². The van der Waals surface area contributed by atoms with Gasteiger partial charge in [-0.15, -0.1) is 0 Å². The number of rotatable bonds is 7. The van der Waals surface area contributed by atoms with E-state index in [1.165, 1.54) is 0 Å². The molecule has 0 bridgehead atoms. The minimum Gasteiger partial charge on any atom is -0.507 e. The lowest BCUT2D eigenvalue weighted by atomic mass is 9.76. The number of aliphatic hydroxyl groups excluding tert-OH is 2. The molecule has 2 aliphatic rings. The Kier molecular flexibility index (Phi) is 7.31. The Labute approximate surface area is 209 Å². The second-order valence-corrected chi connectivity index (χ2v) is 10.8. The maximum Gasteiger partial charge on any atom is 0.256 e. The van der Waals surface area contributed by atoms with E-state index in [-0.39, 0.29) is 47.3 Å². The van der Waals surface area contributed by atoms with Crippen molar-refractivity contribution >= 4 is 28.9 Å². The molecule has 0 aliphatic heterocycles. The first kappa shape index (κ1) is 26.9. The average Bonchev–Trinajstić information content (AvgIpc) is 2.75. The van der Waals surface area contributed by atoms with E-state index < -0.39 is 40.5 Å². The maximum atomic E-state index is 13.2. The van der Waals surface area contributed by atoms with Gasteiger partial charge in [0.2, 0.25) is 11.6 Å². The van der Waals surface area contributed by atoms with Gasteiger partial charge in [-0.1, -0.05) is 20.8 Å². The number of benzene rings is 1. The molecule has 1 amide bonds. The highest BCUT2D eigenvalue weighted by Gasteiger charge is 2.40. The fourth-order valence-electron chi connectivity index (χ4n) is 4.67. The summed E-state index contributed by atoms with van der Waals surface area (Å²) in [5.74, 6) is -6.60. The fourth-order valence-corrected chi connectivity index (χ4v) is 4.67. The van der Waals surface area contributed by atoms with Crippen molar-refractivity contribution < 1.29 is 34.5 Å². The predicted molar refractivity (Wildman–Crippen MR) is 133 cm³/mol. The van der Waals surface area contributed by atoms with E-state index in [0.29, 0.717) is 24.2 Å². The Balaban J connectivity index is 1.94. The summed E-state index contributed by atoms with van der Waals surface area (Å²) in [5, 5.41) is 34.7. The summed E-state index contributed by atoms with van der Waals surface area (Å²) in [4.78, 5) is 51.4. The number of anilines is 1. The van der Waals surface area contributed by atoms with Crippen molar-refractivity contribution in [2.24, 2.45) is 17.1 Å². The summed E-state index contributed by atoms with van der Waals surface area (Å²) in [7, 11) is 3.64. The number of amides is 1. The monoisotopic (exact) mass is 499 g/mol. The van der Waals surface area contributed by atoms with Crippen molar-refractivity contribution in [2.45, 2.75) is 46.6 Å². The zero-order valence-electron chi connectivity index (χ0n) is 21.2. The molecule has 0 aromatic heterocycles. The maximum absolute atomic E-state index is 13.2. The van der Waals surface area contributed by atoms with Crippen molar-refractivity contribution in [3.63, 3.8) is 0 Å². The van der Waals surface area contributed by atoms with E-state index >= 15 is 0 Å². The number of fused-ring (bicyclic) bond motifs is 1. The topological polar surface area (TPSA) is 170 Å². The van der Waals surface area contributed by atoms with Gasteiger partial charge in [0.15, 0.2) is 17.3 Å². The van der Waals surface area contributed by atoms with E-state index in [1.807, 2.05) is 25.1 Å². The van der Waals surface area contributed by atoms with Gasteiger partial charge in [-0.3, -0.25) is 19.2 Å². The first-order chi connectivity index (χ1) is 16.6. The molecule has 0 unspecified atom stereocenters. The average molecular weight is 500 g/mol.